The molecular weight excluding hydrogens is 316 g/mol. The van der Waals surface area contributed by atoms with Gasteiger partial charge in [0.1, 0.15) is 6.10 Å². The Balaban J connectivity index is 3.82. The van der Waals surface area contributed by atoms with Crippen molar-refractivity contribution in [2.45, 2.75) is 58.0 Å². The molecule has 0 saturated carbocycles. The smallest absolute Gasteiger partial charge is 0.305 e. The van der Waals surface area contributed by atoms with E-state index in [0.29, 0.717) is 19.3 Å². The molecule has 0 aromatic heterocycles. The minimum absolute atomic E-state index is 0.245. The van der Waals surface area contributed by atoms with Crippen molar-refractivity contribution in [2.24, 2.45) is 0 Å². The zero-order chi connectivity index (χ0) is 18.6. The molecule has 0 fully saturated rings. The topological polar surface area (TPSA) is 55.8 Å². The van der Waals surface area contributed by atoms with Crippen LogP contribution in [-0.4, -0.2) is 24.4 Å². The lowest BCUT2D eigenvalue weighted by Crippen LogP contribution is -2.05. The summed E-state index contributed by atoms with van der Waals surface area (Å²) in [7, 11) is 1.37. The molecule has 0 bridgehead atoms. The lowest BCUT2D eigenvalue weighted by molar-refractivity contribution is -0.264. The van der Waals surface area contributed by atoms with Gasteiger partial charge >= 0.3 is 5.97 Å². The van der Waals surface area contributed by atoms with Gasteiger partial charge in [-0.25, -0.2) is 4.89 Å². The predicted octanol–water partition coefficient (Wildman–Crippen LogP) is 5.55. The van der Waals surface area contributed by atoms with Gasteiger partial charge in [0.25, 0.3) is 0 Å². The Labute approximate surface area is 152 Å². The van der Waals surface area contributed by atoms with Crippen molar-refractivity contribution in [2.75, 3.05) is 7.11 Å². The highest BCUT2D eigenvalue weighted by atomic mass is 17.1. The molecule has 0 aromatic rings. The van der Waals surface area contributed by atoms with Crippen molar-refractivity contribution in [1.29, 1.82) is 0 Å². The van der Waals surface area contributed by atoms with E-state index in [-0.39, 0.29) is 5.97 Å². The molecule has 0 saturated heterocycles. The van der Waals surface area contributed by atoms with E-state index in [0.717, 1.165) is 25.7 Å². The largest absolute Gasteiger partial charge is 0.469 e. The highest BCUT2D eigenvalue weighted by Crippen LogP contribution is 2.04. The Morgan fingerprint density at radius 3 is 2.00 bits per heavy atom. The van der Waals surface area contributed by atoms with E-state index in [2.05, 4.69) is 53.0 Å². The minimum Gasteiger partial charge on any atom is -0.469 e. The molecule has 0 rings (SSSR count). The van der Waals surface area contributed by atoms with Crippen molar-refractivity contribution in [1.82, 2.24) is 0 Å². The molecule has 140 valence electrons. The van der Waals surface area contributed by atoms with Crippen molar-refractivity contribution in [3.8, 4) is 0 Å². The first kappa shape index (κ1) is 23.1. The van der Waals surface area contributed by atoms with Gasteiger partial charge in [0.2, 0.25) is 0 Å². The second-order valence-corrected chi connectivity index (χ2v) is 5.42. The molecule has 1 unspecified atom stereocenters. The van der Waals surface area contributed by atoms with Crippen LogP contribution in [0.15, 0.2) is 60.8 Å². The van der Waals surface area contributed by atoms with E-state index >= 15 is 0 Å². The van der Waals surface area contributed by atoms with Crippen molar-refractivity contribution >= 4 is 5.97 Å². The molecule has 0 aliphatic carbocycles. The van der Waals surface area contributed by atoms with Gasteiger partial charge in [-0.2, -0.15) is 0 Å². The van der Waals surface area contributed by atoms with E-state index in [1.165, 1.54) is 7.11 Å². The van der Waals surface area contributed by atoms with Crippen LogP contribution in [-0.2, 0) is 14.4 Å². The van der Waals surface area contributed by atoms with Crippen molar-refractivity contribution < 1.29 is 19.7 Å². The molecule has 0 aromatic carbocycles. The van der Waals surface area contributed by atoms with Crippen molar-refractivity contribution in [3.05, 3.63) is 60.8 Å². The maximum atomic E-state index is 11.0. The molecule has 4 heteroatoms. The van der Waals surface area contributed by atoms with E-state index < -0.39 is 6.10 Å². The fraction of sp³-hybridized carbons (Fsp3) is 0.476. The van der Waals surface area contributed by atoms with Crippen LogP contribution in [0.3, 0.4) is 0 Å². The minimum atomic E-state index is -0.392. The molecule has 25 heavy (non-hydrogen) atoms. The number of ether oxygens (including phenoxy) is 1. The predicted molar refractivity (Wildman–Crippen MR) is 103 cm³/mol. The van der Waals surface area contributed by atoms with E-state index in [1.807, 2.05) is 18.2 Å². The number of hydrogen-bond donors (Lipinski definition) is 1. The van der Waals surface area contributed by atoms with Crippen LogP contribution in [0.5, 0.6) is 0 Å². The summed E-state index contributed by atoms with van der Waals surface area (Å²) >= 11 is 0. The van der Waals surface area contributed by atoms with Crippen LogP contribution in [0.1, 0.15) is 51.9 Å². The van der Waals surface area contributed by atoms with Crippen LogP contribution in [0.25, 0.3) is 0 Å². The lowest BCUT2D eigenvalue weighted by atomic mass is 10.2. The summed E-state index contributed by atoms with van der Waals surface area (Å²) in [4.78, 5) is 15.4. The zero-order valence-corrected chi connectivity index (χ0v) is 15.5. The summed E-state index contributed by atoms with van der Waals surface area (Å²) in [6, 6.07) is 0. The number of rotatable bonds is 14. The molecule has 0 aliphatic heterocycles. The van der Waals surface area contributed by atoms with Gasteiger partial charge in [-0.15, -0.1) is 0 Å². The second kappa shape index (κ2) is 18.4. The SMILES string of the molecule is CC/C=C\C/C=C\C/C=C\C/C=C\CC(/C=C\CCC(=O)OC)OO. The van der Waals surface area contributed by atoms with Gasteiger partial charge in [-0.05, 0) is 38.5 Å². The number of allylic oxidation sites excluding steroid dienone is 8. The lowest BCUT2D eigenvalue weighted by Gasteiger charge is -2.04. The number of hydrogen-bond acceptors (Lipinski definition) is 4. The molecule has 0 aliphatic rings. The Bertz CT molecular complexity index is 459. The molecule has 0 spiro atoms. The summed E-state index contributed by atoms with van der Waals surface area (Å²) < 4.78 is 4.55. The molecule has 0 amide bonds. The molecule has 1 N–H and O–H groups in total. The average molecular weight is 348 g/mol. The Morgan fingerprint density at radius 1 is 0.920 bits per heavy atom. The summed E-state index contributed by atoms with van der Waals surface area (Å²) in [5.41, 5.74) is 0. The molecular formula is C21H32O4. The molecule has 0 heterocycles. The first-order chi connectivity index (χ1) is 12.2. The Morgan fingerprint density at radius 2 is 1.48 bits per heavy atom. The van der Waals surface area contributed by atoms with Gasteiger partial charge in [0.15, 0.2) is 0 Å². The molecule has 1 atom stereocenters. The number of carbonyl (C=O) groups is 1. The summed E-state index contributed by atoms with van der Waals surface area (Å²) in [5, 5.41) is 8.85. The standard InChI is InChI=1S/C21H32O4/c1-3-4-5-6-7-8-9-10-11-12-13-14-17-20(25-23)18-15-16-19-21(22)24-2/h4-5,7-8,10-11,13-15,18,20,23H,3,6,9,12,16-17,19H2,1-2H3/b5-4-,8-7-,11-10-,14-13-,18-15-. The maximum absolute atomic E-state index is 11.0. The first-order valence-electron chi connectivity index (χ1n) is 8.88. The third-order valence-electron chi connectivity index (χ3n) is 3.32. The third-order valence-corrected chi connectivity index (χ3v) is 3.32. The molecule has 4 nitrogen and oxygen atoms in total. The zero-order valence-electron chi connectivity index (χ0n) is 15.5. The highest BCUT2D eigenvalue weighted by molar-refractivity contribution is 5.69. The summed E-state index contributed by atoms with van der Waals surface area (Å²) in [6.45, 7) is 2.13. The van der Waals surface area contributed by atoms with E-state index in [4.69, 9.17) is 5.26 Å². The van der Waals surface area contributed by atoms with Crippen LogP contribution < -0.4 is 0 Å². The number of carbonyl (C=O) groups excluding carboxylic acids is 1. The highest BCUT2D eigenvalue weighted by Gasteiger charge is 2.01. The third kappa shape index (κ3) is 16.7. The molecule has 0 radical (unpaired) electrons. The Kier molecular flexibility index (Phi) is 17.0. The number of methoxy groups -OCH3 is 1. The van der Waals surface area contributed by atoms with Gasteiger partial charge in [0.05, 0.1) is 7.11 Å². The quantitative estimate of drug-likeness (QED) is 0.193. The van der Waals surface area contributed by atoms with Gasteiger partial charge in [-0.1, -0.05) is 67.7 Å². The second-order valence-electron chi connectivity index (χ2n) is 5.42. The maximum Gasteiger partial charge on any atom is 0.305 e. The van der Waals surface area contributed by atoms with Crippen LogP contribution in [0.2, 0.25) is 0 Å². The van der Waals surface area contributed by atoms with Gasteiger partial charge in [-0.3, -0.25) is 10.1 Å². The van der Waals surface area contributed by atoms with Crippen LogP contribution >= 0.6 is 0 Å². The van der Waals surface area contributed by atoms with Crippen molar-refractivity contribution in [3.63, 3.8) is 0 Å². The van der Waals surface area contributed by atoms with Crippen LogP contribution in [0, 0.1) is 0 Å². The fourth-order valence-electron chi connectivity index (χ4n) is 1.92. The Hall–Kier alpha value is -1.91. The van der Waals surface area contributed by atoms with E-state index in [1.54, 1.807) is 6.08 Å². The normalized spacial score (nSPS) is 13.9. The summed E-state index contributed by atoms with van der Waals surface area (Å²) in [5.74, 6) is -0.245. The van der Waals surface area contributed by atoms with E-state index in [9.17, 15) is 4.79 Å². The van der Waals surface area contributed by atoms with Crippen LogP contribution in [0.4, 0.5) is 0 Å². The number of esters is 1. The van der Waals surface area contributed by atoms with Gasteiger partial charge in [0, 0.05) is 6.42 Å². The summed E-state index contributed by atoms with van der Waals surface area (Å²) in [6.07, 6.45) is 25.5. The monoisotopic (exact) mass is 348 g/mol. The fourth-order valence-corrected chi connectivity index (χ4v) is 1.92. The average Bonchev–Trinajstić information content (AvgIpc) is 2.63. The van der Waals surface area contributed by atoms with Gasteiger partial charge < -0.3 is 4.74 Å². The first-order valence-corrected chi connectivity index (χ1v) is 8.88.